The summed E-state index contributed by atoms with van der Waals surface area (Å²) in [7, 11) is 1.29. The third-order valence-electron chi connectivity index (χ3n) is 3.18. The van der Waals surface area contributed by atoms with Crippen molar-refractivity contribution in [2.45, 2.75) is 12.4 Å². The molecular weight excluding hydrogens is 407 g/mol. The molecule has 11 heteroatoms. The molecule has 26 heavy (non-hydrogen) atoms. The largest absolute Gasteiger partial charge is 0.417 e. The molecule has 0 spiro atoms. The summed E-state index contributed by atoms with van der Waals surface area (Å²) in [5.74, 6) is 0. The first-order chi connectivity index (χ1) is 11.9. The van der Waals surface area contributed by atoms with Crippen LogP contribution in [-0.4, -0.2) is 7.05 Å². The maximum atomic E-state index is 12.9. The number of hydrogen-bond donors (Lipinski definition) is 0. The predicted octanol–water partition coefficient (Wildman–Crippen LogP) is 7.17. The second-order valence-electron chi connectivity index (χ2n) is 5.04. The number of halogens is 8. The maximum absolute atomic E-state index is 12.9. The van der Waals surface area contributed by atoms with E-state index in [1.54, 1.807) is 0 Å². The van der Waals surface area contributed by atoms with E-state index < -0.39 is 33.5 Å². The summed E-state index contributed by atoms with van der Waals surface area (Å²) in [6.07, 6.45) is -9.34. The molecule has 0 unspecified atom stereocenters. The Kier molecular flexibility index (Phi) is 5.72. The van der Waals surface area contributed by atoms with Gasteiger partial charge in [-0.2, -0.15) is 26.3 Å². The van der Waals surface area contributed by atoms with E-state index in [4.69, 9.17) is 23.2 Å². The Balaban J connectivity index is 2.29. The summed E-state index contributed by atoms with van der Waals surface area (Å²) in [6, 6.07) is 5.93. The molecule has 2 rings (SSSR count). The van der Waals surface area contributed by atoms with Gasteiger partial charge in [-0.1, -0.05) is 28.4 Å². The first-order valence-corrected chi connectivity index (χ1v) is 7.54. The van der Waals surface area contributed by atoms with Gasteiger partial charge in [0.15, 0.2) is 0 Å². The summed E-state index contributed by atoms with van der Waals surface area (Å²) in [5, 5.41) is 7.17. The number of nitrogens with zero attached hydrogens (tertiary/aromatic N) is 3. The normalized spacial score (nSPS) is 12.7. The molecule has 0 aliphatic heterocycles. The fourth-order valence-electron chi connectivity index (χ4n) is 1.89. The molecule has 0 fully saturated rings. The minimum absolute atomic E-state index is 0.00418. The lowest BCUT2D eigenvalue weighted by molar-refractivity contribution is -0.138. The fourth-order valence-corrected chi connectivity index (χ4v) is 2.34. The molecule has 0 aliphatic rings. The summed E-state index contributed by atoms with van der Waals surface area (Å²) >= 11 is 11.0. The Morgan fingerprint density at radius 3 is 1.85 bits per heavy atom. The van der Waals surface area contributed by atoms with Gasteiger partial charge in [0.25, 0.3) is 0 Å². The topological polar surface area (TPSA) is 28.0 Å². The first-order valence-electron chi connectivity index (χ1n) is 6.78. The number of alkyl halides is 6. The number of anilines is 1. The summed E-state index contributed by atoms with van der Waals surface area (Å²) in [6.45, 7) is 0. The van der Waals surface area contributed by atoms with Gasteiger partial charge in [-0.3, -0.25) is 0 Å². The molecule has 0 aromatic heterocycles. The molecule has 2 aromatic rings. The third kappa shape index (κ3) is 4.79. The van der Waals surface area contributed by atoms with Crippen molar-refractivity contribution < 1.29 is 26.3 Å². The zero-order valence-corrected chi connectivity index (χ0v) is 14.3. The van der Waals surface area contributed by atoms with Crippen LogP contribution in [0.25, 0.3) is 0 Å². The van der Waals surface area contributed by atoms with E-state index in [-0.39, 0.29) is 11.4 Å². The van der Waals surface area contributed by atoms with E-state index in [1.807, 2.05) is 0 Å². The van der Waals surface area contributed by atoms with Crippen molar-refractivity contribution in [3.63, 3.8) is 0 Å². The molecule has 0 heterocycles. The van der Waals surface area contributed by atoms with Crippen molar-refractivity contribution in [1.82, 2.24) is 0 Å². The highest BCUT2D eigenvalue weighted by Crippen LogP contribution is 2.38. The molecule has 0 atom stereocenters. The van der Waals surface area contributed by atoms with Gasteiger partial charge >= 0.3 is 12.4 Å². The smallest absolute Gasteiger partial charge is 0.250 e. The van der Waals surface area contributed by atoms with Crippen molar-refractivity contribution in [3.8, 4) is 0 Å². The number of benzene rings is 2. The highest BCUT2D eigenvalue weighted by molar-refractivity contribution is 6.31. The quantitative estimate of drug-likeness (QED) is 0.296. The zero-order valence-electron chi connectivity index (χ0n) is 12.8. The molecule has 3 nitrogen and oxygen atoms in total. The van der Waals surface area contributed by atoms with E-state index in [0.29, 0.717) is 6.07 Å². The lowest BCUT2D eigenvalue weighted by atomic mass is 10.2. The summed E-state index contributed by atoms with van der Waals surface area (Å²) < 4.78 is 77.0. The van der Waals surface area contributed by atoms with Crippen molar-refractivity contribution in [2.24, 2.45) is 10.3 Å². The van der Waals surface area contributed by atoms with Crippen LogP contribution in [0.1, 0.15) is 11.1 Å². The molecule has 2 aromatic carbocycles. The molecule has 0 aliphatic carbocycles. The Morgan fingerprint density at radius 1 is 0.808 bits per heavy atom. The third-order valence-corrected chi connectivity index (χ3v) is 3.84. The van der Waals surface area contributed by atoms with Crippen LogP contribution in [0.2, 0.25) is 10.0 Å². The van der Waals surface area contributed by atoms with E-state index in [2.05, 4.69) is 10.3 Å². The average Bonchev–Trinajstić information content (AvgIpc) is 2.52. The van der Waals surface area contributed by atoms with Gasteiger partial charge in [0.05, 0.1) is 32.5 Å². The van der Waals surface area contributed by atoms with Gasteiger partial charge in [0, 0.05) is 7.05 Å². The fraction of sp³-hybridized carbons (Fsp3) is 0.200. The Labute approximate surface area is 153 Å². The molecular formula is C15H9Cl2F6N3. The highest BCUT2D eigenvalue weighted by Gasteiger charge is 2.34. The van der Waals surface area contributed by atoms with Crippen LogP contribution >= 0.6 is 23.2 Å². The predicted molar refractivity (Wildman–Crippen MR) is 85.8 cm³/mol. The number of rotatable bonds is 3. The number of hydrogen-bond acceptors (Lipinski definition) is 2. The van der Waals surface area contributed by atoms with Gasteiger partial charge < -0.3 is 0 Å². The van der Waals surface area contributed by atoms with Crippen LogP contribution in [0, 0.1) is 0 Å². The molecule has 0 N–H and O–H groups in total. The lowest BCUT2D eigenvalue weighted by Crippen LogP contribution is -2.11. The molecule has 0 saturated carbocycles. The van der Waals surface area contributed by atoms with Crippen LogP contribution in [0.15, 0.2) is 46.7 Å². The highest BCUT2D eigenvalue weighted by atomic mass is 35.5. The van der Waals surface area contributed by atoms with Gasteiger partial charge in [-0.25, -0.2) is 5.01 Å². The molecule has 140 valence electrons. The van der Waals surface area contributed by atoms with Crippen LogP contribution in [-0.2, 0) is 12.4 Å². The van der Waals surface area contributed by atoms with Crippen LogP contribution in [0.4, 0.5) is 37.7 Å². The molecule has 0 amide bonds. The molecule has 0 bridgehead atoms. The van der Waals surface area contributed by atoms with Crippen molar-refractivity contribution in [1.29, 1.82) is 0 Å². The summed E-state index contributed by atoms with van der Waals surface area (Å²) in [5.41, 5.74) is -2.33. The Morgan fingerprint density at radius 2 is 1.31 bits per heavy atom. The maximum Gasteiger partial charge on any atom is 0.417 e. The van der Waals surface area contributed by atoms with Crippen LogP contribution < -0.4 is 5.01 Å². The van der Waals surface area contributed by atoms with Crippen LogP contribution in [0.5, 0.6) is 0 Å². The minimum Gasteiger partial charge on any atom is -0.250 e. The SMILES string of the molecule is CN(N=Nc1ccc(Cl)c(C(F)(F)F)c1)c1ccc(Cl)c(C(F)(F)F)c1. The van der Waals surface area contributed by atoms with Crippen molar-refractivity contribution in [2.75, 3.05) is 12.1 Å². The average molecular weight is 416 g/mol. The van der Waals surface area contributed by atoms with E-state index in [9.17, 15) is 26.3 Å². The van der Waals surface area contributed by atoms with E-state index in [0.717, 1.165) is 23.2 Å². The van der Waals surface area contributed by atoms with Gasteiger partial charge in [0.1, 0.15) is 0 Å². The Bertz CT molecular complexity index is 833. The minimum atomic E-state index is -4.67. The van der Waals surface area contributed by atoms with E-state index in [1.165, 1.54) is 19.2 Å². The van der Waals surface area contributed by atoms with Gasteiger partial charge in [-0.15, -0.1) is 5.11 Å². The van der Waals surface area contributed by atoms with Crippen molar-refractivity contribution >= 4 is 34.6 Å². The molecule has 0 radical (unpaired) electrons. The van der Waals surface area contributed by atoms with Gasteiger partial charge in [-0.05, 0) is 36.4 Å². The van der Waals surface area contributed by atoms with Crippen LogP contribution in [0.3, 0.4) is 0 Å². The standard InChI is InChI=1S/C15H9Cl2F6N3/c1-26(9-3-5-13(17)11(7-9)15(21,22)23)25-24-8-2-4-12(16)10(6-8)14(18,19)20/h2-7H,1H3. The Hall–Kier alpha value is -2.00. The summed E-state index contributed by atoms with van der Waals surface area (Å²) in [4.78, 5) is 0. The first kappa shape index (κ1) is 20.3. The zero-order chi connectivity index (χ0) is 19.7. The molecule has 0 saturated heterocycles. The van der Waals surface area contributed by atoms with E-state index >= 15 is 0 Å². The van der Waals surface area contributed by atoms with Gasteiger partial charge in [0.2, 0.25) is 0 Å². The second-order valence-corrected chi connectivity index (χ2v) is 5.85. The van der Waals surface area contributed by atoms with Crippen molar-refractivity contribution in [3.05, 3.63) is 57.6 Å². The lowest BCUT2D eigenvalue weighted by Gasteiger charge is -2.15. The second kappa shape index (κ2) is 7.32. The monoisotopic (exact) mass is 415 g/mol.